The lowest BCUT2D eigenvalue weighted by molar-refractivity contribution is -0.117. The van der Waals surface area contributed by atoms with Crippen LogP contribution < -0.4 is 5.32 Å². The first-order valence-corrected chi connectivity index (χ1v) is 7.33. The van der Waals surface area contributed by atoms with Gasteiger partial charge in [-0.2, -0.15) is 0 Å². The van der Waals surface area contributed by atoms with E-state index in [9.17, 15) is 14.4 Å². The topological polar surface area (TPSA) is 79.4 Å². The van der Waals surface area contributed by atoms with Crippen molar-refractivity contribution in [2.24, 2.45) is 0 Å². The standard InChI is InChI=1S/C16H12ClN3O3/c1-2-4-11(21)19-9-7-20(8-9)14-12(17)16(23)13-10(15(14)22)5-3-6-18-13/h3,5-6,9H,7-8H2,1H3,(H,19,21). The molecule has 23 heavy (non-hydrogen) atoms. The summed E-state index contributed by atoms with van der Waals surface area (Å²) >= 11 is 6.08. The Kier molecular flexibility index (Phi) is 3.89. The number of hydrogen-bond acceptors (Lipinski definition) is 5. The summed E-state index contributed by atoms with van der Waals surface area (Å²) in [6.07, 6.45) is 1.45. The summed E-state index contributed by atoms with van der Waals surface area (Å²) in [6, 6.07) is 3.03. The van der Waals surface area contributed by atoms with Crippen molar-refractivity contribution in [3.63, 3.8) is 0 Å². The van der Waals surface area contributed by atoms with Crippen molar-refractivity contribution in [2.75, 3.05) is 13.1 Å². The highest BCUT2D eigenvalue weighted by molar-refractivity contribution is 6.49. The molecule has 2 aliphatic rings. The number of pyridine rings is 1. The summed E-state index contributed by atoms with van der Waals surface area (Å²) in [4.78, 5) is 41.8. The molecule has 0 saturated carbocycles. The minimum absolute atomic E-state index is 0.0786. The maximum atomic E-state index is 12.6. The number of carbonyl (C=O) groups excluding carboxylic acids is 3. The Hall–Kier alpha value is -2.65. The van der Waals surface area contributed by atoms with Crippen molar-refractivity contribution >= 4 is 29.1 Å². The monoisotopic (exact) mass is 329 g/mol. The van der Waals surface area contributed by atoms with E-state index < -0.39 is 5.78 Å². The number of rotatable bonds is 2. The number of Topliss-reactive ketones (excluding diaryl/α,β-unsaturated/α-hetero) is 2. The molecule has 116 valence electrons. The number of allylic oxidation sites excluding steroid dienone is 2. The lowest BCUT2D eigenvalue weighted by Gasteiger charge is -2.42. The molecule has 0 bridgehead atoms. The second kappa shape index (κ2) is 5.86. The highest BCUT2D eigenvalue weighted by Crippen LogP contribution is 2.31. The maximum absolute atomic E-state index is 12.6. The predicted molar refractivity (Wildman–Crippen MR) is 82.7 cm³/mol. The molecule has 1 aliphatic carbocycles. The first-order valence-electron chi connectivity index (χ1n) is 6.95. The molecule has 0 atom stereocenters. The number of aromatic nitrogens is 1. The Balaban J connectivity index is 1.78. The first-order chi connectivity index (χ1) is 11.0. The molecule has 1 N–H and O–H groups in total. The second-order valence-corrected chi connectivity index (χ2v) is 5.55. The quantitative estimate of drug-likeness (QED) is 0.809. The van der Waals surface area contributed by atoms with Crippen LogP contribution >= 0.6 is 11.6 Å². The van der Waals surface area contributed by atoms with E-state index in [4.69, 9.17) is 11.6 Å². The van der Waals surface area contributed by atoms with Gasteiger partial charge in [-0.1, -0.05) is 17.5 Å². The van der Waals surface area contributed by atoms with Crippen LogP contribution in [0.2, 0.25) is 0 Å². The third-order valence-corrected chi connectivity index (χ3v) is 4.01. The summed E-state index contributed by atoms with van der Waals surface area (Å²) in [7, 11) is 0. The smallest absolute Gasteiger partial charge is 0.296 e. The molecule has 0 aromatic carbocycles. The van der Waals surface area contributed by atoms with Gasteiger partial charge in [-0.05, 0) is 25.0 Å². The van der Waals surface area contributed by atoms with E-state index in [1.807, 2.05) is 0 Å². The summed E-state index contributed by atoms with van der Waals surface area (Å²) in [6.45, 7) is 2.38. The number of likely N-dealkylation sites (tertiary alicyclic amines) is 1. The molecular weight excluding hydrogens is 318 g/mol. The Morgan fingerprint density at radius 2 is 2.13 bits per heavy atom. The number of carbonyl (C=O) groups is 3. The molecule has 0 spiro atoms. The molecule has 1 fully saturated rings. The third-order valence-electron chi connectivity index (χ3n) is 3.66. The molecular formula is C16H12ClN3O3. The van der Waals surface area contributed by atoms with E-state index in [0.717, 1.165) is 0 Å². The zero-order valence-electron chi connectivity index (χ0n) is 12.2. The van der Waals surface area contributed by atoms with Crippen LogP contribution in [0, 0.1) is 11.8 Å². The summed E-state index contributed by atoms with van der Waals surface area (Å²) in [5, 5.41) is 2.59. The van der Waals surface area contributed by atoms with E-state index in [1.165, 1.54) is 6.20 Å². The molecule has 0 unspecified atom stereocenters. The first kappa shape index (κ1) is 15.3. The Morgan fingerprint density at radius 3 is 2.83 bits per heavy atom. The summed E-state index contributed by atoms with van der Waals surface area (Å²) < 4.78 is 0. The molecule has 7 heteroatoms. The van der Waals surface area contributed by atoms with Gasteiger partial charge in [-0.15, -0.1) is 0 Å². The van der Waals surface area contributed by atoms with Crippen molar-refractivity contribution < 1.29 is 14.4 Å². The molecule has 1 aromatic heterocycles. The van der Waals surface area contributed by atoms with Crippen LogP contribution in [0.3, 0.4) is 0 Å². The van der Waals surface area contributed by atoms with E-state index in [-0.39, 0.29) is 39.7 Å². The number of fused-ring (bicyclic) bond motifs is 1. The van der Waals surface area contributed by atoms with Gasteiger partial charge in [0.15, 0.2) is 0 Å². The third kappa shape index (κ3) is 2.60. The van der Waals surface area contributed by atoms with Crippen LogP contribution in [0.25, 0.3) is 0 Å². The molecule has 1 saturated heterocycles. The fourth-order valence-electron chi connectivity index (χ4n) is 2.58. The fourth-order valence-corrected chi connectivity index (χ4v) is 2.87. The van der Waals surface area contributed by atoms with E-state index in [0.29, 0.717) is 13.1 Å². The second-order valence-electron chi connectivity index (χ2n) is 5.17. The van der Waals surface area contributed by atoms with Crippen molar-refractivity contribution in [2.45, 2.75) is 13.0 Å². The number of ketones is 2. The molecule has 1 aliphatic heterocycles. The minimum Gasteiger partial charge on any atom is -0.363 e. The zero-order valence-corrected chi connectivity index (χ0v) is 13.0. The average molecular weight is 330 g/mol. The fraction of sp³-hybridized carbons (Fsp3) is 0.250. The van der Waals surface area contributed by atoms with Gasteiger partial charge in [0, 0.05) is 19.3 Å². The zero-order chi connectivity index (χ0) is 16.6. The van der Waals surface area contributed by atoms with Crippen LogP contribution in [0.1, 0.15) is 27.8 Å². The van der Waals surface area contributed by atoms with Gasteiger partial charge in [-0.3, -0.25) is 19.4 Å². The molecule has 1 aromatic rings. The SMILES string of the molecule is CC#CC(=O)NC1CN(C2=C(Cl)C(=O)c3ncccc3C2=O)C1. The Bertz CT molecular complexity index is 813. The van der Waals surface area contributed by atoms with Crippen molar-refractivity contribution in [1.82, 2.24) is 15.2 Å². The Labute approximate surface area is 137 Å². The van der Waals surface area contributed by atoms with Crippen molar-refractivity contribution in [3.05, 3.63) is 40.3 Å². The van der Waals surface area contributed by atoms with Crippen LogP contribution in [-0.4, -0.2) is 46.5 Å². The van der Waals surface area contributed by atoms with Crippen LogP contribution in [0.5, 0.6) is 0 Å². The summed E-state index contributed by atoms with van der Waals surface area (Å²) in [5.74, 6) is 3.76. The lowest BCUT2D eigenvalue weighted by atomic mass is 9.94. The predicted octanol–water partition coefficient (Wildman–Crippen LogP) is 0.735. The molecule has 3 rings (SSSR count). The highest BCUT2D eigenvalue weighted by Gasteiger charge is 2.40. The Morgan fingerprint density at radius 1 is 1.39 bits per heavy atom. The average Bonchev–Trinajstić information content (AvgIpc) is 2.50. The highest BCUT2D eigenvalue weighted by atomic mass is 35.5. The van der Waals surface area contributed by atoms with Crippen LogP contribution in [0.4, 0.5) is 0 Å². The van der Waals surface area contributed by atoms with Gasteiger partial charge >= 0.3 is 0 Å². The largest absolute Gasteiger partial charge is 0.363 e. The number of hydrogen-bond donors (Lipinski definition) is 1. The van der Waals surface area contributed by atoms with Gasteiger partial charge in [0.2, 0.25) is 11.6 Å². The van der Waals surface area contributed by atoms with Crippen LogP contribution in [-0.2, 0) is 4.79 Å². The van der Waals surface area contributed by atoms with Gasteiger partial charge in [0.05, 0.1) is 11.6 Å². The van der Waals surface area contributed by atoms with E-state index in [2.05, 4.69) is 22.1 Å². The molecule has 1 amide bonds. The lowest BCUT2D eigenvalue weighted by Crippen LogP contribution is -2.59. The van der Waals surface area contributed by atoms with E-state index in [1.54, 1.807) is 24.0 Å². The minimum atomic E-state index is -0.457. The maximum Gasteiger partial charge on any atom is 0.296 e. The van der Waals surface area contributed by atoms with Gasteiger partial charge < -0.3 is 10.2 Å². The van der Waals surface area contributed by atoms with E-state index >= 15 is 0 Å². The molecule has 2 heterocycles. The number of halogens is 1. The summed E-state index contributed by atoms with van der Waals surface area (Å²) in [5.41, 5.74) is 0.500. The molecule has 0 radical (unpaired) electrons. The number of amides is 1. The van der Waals surface area contributed by atoms with Gasteiger partial charge in [-0.25, -0.2) is 0 Å². The van der Waals surface area contributed by atoms with Crippen molar-refractivity contribution in [1.29, 1.82) is 0 Å². The normalized spacial score (nSPS) is 17.2. The molecule has 6 nitrogen and oxygen atoms in total. The van der Waals surface area contributed by atoms with Crippen LogP contribution in [0.15, 0.2) is 29.1 Å². The van der Waals surface area contributed by atoms with Crippen molar-refractivity contribution in [3.8, 4) is 11.8 Å². The number of nitrogens with one attached hydrogen (secondary N) is 1. The van der Waals surface area contributed by atoms with Gasteiger partial charge in [0.1, 0.15) is 16.4 Å². The number of nitrogens with zero attached hydrogens (tertiary/aromatic N) is 2. The van der Waals surface area contributed by atoms with Gasteiger partial charge in [0.25, 0.3) is 5.91 Å².